The molecule has 5 heterocycles. The fourth-order valence-electron chi connectivity index (χ4n) is 7.33. The zero-order valence-corrected chi connectivity index (χ0v) is 30.2. The first-order valence-corrected chi connectivity index (χ1v) is 18.0. The van der Waals surface area contributed by atoms with Gasteiger partial charge in [-0.15, -0.1) is 0 Å². The normalized spacial score (nSPS) is 18.6. The van der Waals surface area contributed by atoms with Crippen LogP contribution in [0.25, 0.3) is 44.8 Å². The van der Waals surface area contributed by atoms with Crippen LogP contribution in [0.1, 0.15) is 56.3 Å². The molecule has 2 fully saturated rings. The Balaban J connectivity index is 1.04. The number of imidazole rings is 2. The Labute approximate surface area is 314 Å². The molecule has 3 aromatic heterocycles. The number of aromatic amines is 2. The van der Waals surface area contributed by atoms with E-state index in [-0.39, 0.29) is 12.1 Å². The van der Waals surface area contributed by atoms with E-state index in [1.807, 2.05) is 48.5 Å². The van der Waals surface area contributed by atoms with Crippen LogP contribution in [0.15, 0.2) is 65.3 Å². The van der Waals surface area contributed by atoms with Crippen LogP contribution in [0, 0.1) is 0 Å². The summed E-state index contributed by atoms with van der Waals surface area (Å²) in [6.07, 6.45) is 1.67. The highest BCUT2D eigenvalue weighted by molar-refractivity contribution is 5.88. The number of primary amides is 1. The molecule has 2 aliphatic rings. The zero-order chi connectivity index (χ0) is 38.8. The number of aliphatic hydroxyl groups is 2. The van der Waals surface area contributed by atoms with E-state index in [1.54, 1.807) is 22.2 Å². The molecule has 7 rings (SSSR count). The SMILES string of the molecule is COC(=O)N[C@@H](CO)C(=O)N1CCC[C@H]1c1ncc(-c2ccc3oc(-c4ccc(-c5cnc([C@@H]6CCCN6C(=O)[C@@H](OC(N)=O)C(C)O)[nH]5)cc4)cc3c2)[nH]1. The first-order chi connectivity index (χ1) is 26.5. The molecule has 5 aromatic rings. The van der Waals surface area contributed by atoms with E-state index < -0.39 is 48.9 Å². The Morgan fingerprint density at radius 3 is 2.07 bits per heavy atom. The summed E-state index contributed by atoms with van der Waals surface area (Å²) < 4.78 is 15.7. The second kappa shape index (κ2) is 15.6. The molecule has 7 N–H and O–H groups in total. The molecule has 0 spiro atoms. The van der Waals surface area contributed by atoms with Gasteiger partial charge < -0.3 is 54.9 Å². The first-order valence-electron chi connectivity index (χ1n) is 18.0. The number of alkyl carbamates (subject to hydrolysis) is 1. The number of carbonyl (C=O) groups is 4. The maximum Gasteiger partial charge on any atom is 0.407 e. The number of benzene rings is 2. The van der Waals surface area contributed by atoms with Crippen LogP contribution in [-0.2, 0) is 19.1 Å². The van der Waals surface area contributed by atoms with Crippen LogP contribution in [0.4, 0.5) is 9.59 Å². The lowest BCUT2D eigenvalue weighted by molar-refractivity contribution is -0.146. The van der Waals surface area contributed by atoms with Crippen molar-refractivity contribution in [2.45, 2.75) is 62.9 Å². The molecule has 17 heteroatoms. The average molecular weight is 755 g/mol. The third-order valence-corrected chi connectivity index (χ3v) is 10.1. The van der Waals surface area contributed by atoms with Crippen molar-refractivity contribution in [1.29, 1.82) is 0 Å². The Kier molecular flexibility index (Phi) is 10.6. The fourth-order valence-corrected chi connectivity index (χ4v) is 7.33. The highest BCUT2D eigenvalue weighted by Gasteiger charge is 2.39. The van der Waals surface area contributed by atoms with E-state index in [1.165, 1.54) is 14.0 Å². The van der Waals surface area contributed by atoms with Gasteiger partial charge in [-0.05, 0) is 62.4 Å². The van der Waals surface area contributed by atoms with Crippen LogP contribution in [0.2, 0.25) is 0 Å². The molecule has 17 nitrogen and oxygen atoms in total. The third kappa shape index (κ3) is 7.61. The van der Waals surface area contributed by atoms with E-state index in [9.17, 15) is 29.4 Å². The minimum Gasteiger partial charge on any atom is -0.456 e. The smallest absolute Gasteiger partial charge is 0.407 e. The molecule has 4 amide bonds. The number of ether oxygens (including phenoxy) is 2. The molecule has 0 bridgehead atoms. The molecule has 0 saturated carbocycles. The maximum absolute atomic E-state index is 13.2. The lowest BCUT2D eigenvalue weighted by Crippen LogP contribution is -2.50. The van der Waals surface area contributed by atoms with E-state index in [0.29, 0.717) is 48.9 Å². The van der Waals surface area contributed by atoms with Gasteiger partial charge in [-0.25, -0.2) is 19.6 Å². The van der Waals surface area contributed by atoms with Crippen molar-refractivity contribution in [3.63, 3.8) is 0 Å². The first kappa shape index (κ1) is 37.1. The summed E-state index contributed by atoms with van der Waals surface area (Å²) in [6, 6.07) is 13.8. The number of H-pyrrole nitrogens is 2. The number of furan rings is 1. The van der Waals surface area contributed by atoms with Crippen LogP contribution < -0.4 is 11.1 Å². The lowest BCUT2D eigenvalue weighted by atomic mass is 10.1. The van der Waals surface area contributed by atoms with Gasteiger partial charge in [0.2, 0.25) is 12.0 Å². The van der Waals surface area contributed by atoms with Crippen LogP contribution >= 0.6 is 0 Å². The Bertz CT molecular complexity index is 2190. The average Bonchev–Trinajstić information content (AvgIpc) is 4.03. The number of aromatic nitrogens is 4. The molecule has 0 radical (unpaired) electrons. The largest absolute Gasteiger partial charge is 0.456 e. The lowest BCUT2D eigenvalue weighted by Gasteiger charge is -2.28. The van der Waals surface area contributed by atoms with Crippen LogP contribution in [0.3, 0.4) is 0 Å². The van der Waals surface area contributed by atoms with Gasteiger partial charge in [0.15, 0.2) is 0 Å². The minimum atomic E-state index is -1.40. The van der Waals surface area contributed by atoms with Gasteiger partial charge in [0, 0.05) is 29.6 Å². The molecular formula is C38H42N8O9. The fraction of sp³-hybridized carbons (Fsp3) is 0.368. The summed E-state index contributed by atoms with van der Waals surface area (Å²) in [5.74, 6) is 0.944. The van der Waals surface area contributed by atoms with Crippen molar-refractivity contribution >= 4 is 35.0 Å². The van der Waals surface area contributed by atoms with Gasteiger partial charge in [-0.3, -0.25) is 9.59 Å². The number of nitrogens with one attached hydrogen (secondary N) is 3. The minimum absolute atomic E-state index is 0.338. The van der Waals surface area contributed by atoms with Crippen molar-refractivity contribution in [1.82, 2.24) is 35.1 Å². The number of methoxy groups -OCH3 is 1. The maximum atomic E-state index is 13.2. The molecule has 2 aliphatic heterocycles. The van der Waals surface area contributed by atoms with Crippen molar-refractivity contribution < 1.29 is 43.3 Å². The van der Waals surface area contributed by atoms with Gasteiger partial charge >= 0.3 is 12.2 Å². The van der Waals surface area contributed by atoms with Gasteiger partial charge in [-0.1, -0.05) is 24.3 Å². The number of likely N-dealkylation sites (tertiary alicyclic amines) is 2. The number of nitrogens with two attached hydrogens (primary N) is 1. The number of carbonyl (C=O) groups excluding carboxylic acids is 4. The molecule has 2 saturated heterocycles. The van der Waals surface area contributed by atoms with Crippen LogP contribution in [0.5, 0.6) is 0 Å². The topological polar surface area (TPSA) is 242 Å². The summed E-state index contributed by atoms with van der Waals surface area (Å²) in [6.45, 7) is 1.71. The zero-order valence-electron chi connectivity index (χ0n) is 30.2. The molecule has 288 valence electrons. The highest BCUT2D eigenvalue weighted by atomic mass is 16.6. The van der Waals surface area contributed by atoms with Gasteiger partial charge in [-0.2, -0.15) is 0 Å². The van der Waals surface area contributed by atoms with E-state index in [4.69, 9.17) is 14.9 Å². The van der Waals surface area contributed by atoms with Crippen LogP contribution in [-0.4, -0.2) is 109 Å². The number of rotatable bonds is 11. The number of aliphatic hydroxyl groups excluding tert-OH is 2. The quantitative estimate of drug-likeness (QED) is 0.113. The highest BCUT2D eigenvalue weighted by Crippen LogP contribution is 2.36. The van der Waals surface area contributed by atoms with E-state index in [2.05, 4.69) is 30.0 Å². The molecule has 5 atom stereocenters. The summed E-state index contributed by atoms with van der Waals surface area (Å²) in [4.78, 5) is 68.5. The van der Waals surface area contributed by atoms with E-state index in [0.717, 1.165) is 46.3 Å². The Morgan fingerprint density at radius 1 is 0.909 bits per heavy atom. The number of hydrogen-bond donors (Lipinski definition) is 6. The second-order valence-electron chi connectivity index (χ2n) is 13.7. The van der Waals surface area contributed by atoms with E-state index >= 15 is 0 Å². The summed E-state index contributed by atoms with van der Waals surface area (Å²) in [5.41, 5.74) is 9.98. The Morgan fingerprint density at radius 2 is 1.49 bits per heavy atom. The van der Waals surface area contributed by atoms with Crippen molar-refractivity contribution in [3.05, 3.63) is 72.6 Å². The number of fused-ring (bicyclic) bond motifs is 1. The predicted molar refractivity (Wildman–Crippen MR) is 197 cm³/mol. The predicted octanol–water partition coefficient (Wildman–Crippen LogP) is 3.77. The number of amides is 4. The van der Waals surface area contributed by atoms with Gasteiger partial charge in [0.25, 0.3) is 5.91 Å². The standard InChI is InChI=1S/C38H42N8O9/c1-20(48)32(55-37(39)51)36(50)46-14-4-6-29(46)34-40-17-25(42-34)21-7-9-22(10-8-21)31-16-24-15-23(11-12-30(24)54-31)26-18-41-33(43-26)28-5-3-13-45(28)35(49)27(19-47)44-38(52)53-2/h7-12,15-18,20,27-29,32,47-48H,3-6,13-14,19H2,1-2H3,(H2,39,51)(H,40,42)(H,41,43)(H,44,52)/t20?,27-,28-,29-,32-/m0/s1. The van der Waals surface area contributed by atoms with Crippen molar-refractivity contribution in [2.24, 2.45) is 5.73 Å². The monoisotopic (exact) mass is 754 g/mol. The molecule has 1 unspecified atom stereocenters. The van der Waals surface area contributed by atoms with Crippen molar-refractivity contribution in [2.75, 3.05) is 26.8 Å². The van der Waals surface area contributed by atoms with Crippen molar-refractivity contribution in [3.8, 4) is 33.8 Å². The van der Waals surface area contributed by atoms with Gasteiger partial charge in [0.05, 0.1) is 55.7 Å². The number of nitrogens with zero attached hydrogens (tertiary/aromatic N) is 4. The summed E-state index contributed by atoms with van der Waals surface area (Å²) >= 11 is 0. The second-order valence-corrected chi connectivity index (χ2v) is 13.7. The molecular weight excluding hydrogens is 712 g/mol. The molecule has 2 aromatic carbocycles. The third-order valence-electron chi connectivity index (χ3n) is 10.1. The molecule has 55 heavy (non-hydrogen) atoms. The summed E-state index contributed by atoms with van der Waals surface area (Å²) in [7, 11) is 1.19. The summed E-state index contributed by atoms with van der Waals surface area (Å²) in [5, 5.41) is 23.1. The Hall–Kier alpha value is -6.20. The van der Waals surface area contributed by atoms with Gasteiger partial charge in [0.1, 0.15) is 29.0 Å². The molecule has 0 aliphatic carbocycles. The number of hydrogen-bond acceptors (Lipinski definition) is 11.